The lowest BCUT2D eigenvalue weighted by atomic mass is 9.89. The second kappa shape index (κ2) is 8.45. The average molecular weight is 397 g/mol. The third kappa shape index (κ3) is 4.81. The van der Waals surface area contributed by atoms with Crippen molar-refractivity contribution in [2.24, 2.45) is 5.92 Å². The predicted molar refractivity (Wildman–Crippen MR) is 107 cm³/mol. The first-order valence-electron chi connectivity index (χ1n) is 10.1. The summed E-state index contributed by atoms with van der Waals surface area (Å²) in [4.78, 5) is 12.8. The van der Waals surface area contributed by atoms with E-state index >= 15 is 0 Å². The van der Waals surface area contributed by atoms with Crippen LogP contribution >= 0.6 is 0 Å². The quantitative estimate of drug-likeness (QED) is 0.802. The number of aryl methyl sites for hydroxylation is 2. The molecule has 27 heavy (non-hydrogen) atoms. The van der Waals surface area contributed by atoms with Gasteiger partial charge in [-0.25, -0.2) is 13.1 Å². The number of nitrogens with one attached hydrogen (secondary N) is 1. The first-order chi connectivity index (χ1) is 12.8. The van der Waals surface area contributed by atoms with Crippen molar-refractivity contribution in [1.29, 1.82) is 0 Å². The standard InChI is InChI=1S/C20H32N2O4S/c1-4-27(24,25)21-18-12-9-16-8-7-15(3)20(23)22(16)19(18)13-26-17-10-5-14(2)6-11-17/h7-8,14,17-19,21H,4-6,9-13H2,1-3H3/t14?,17?,18-,19-/m0/s1. The van der Waals surface area contributed by atoms with Gasteiger partial charge in [-0.2, -0.15) is 0 Å². The van der Waals surface area contributed by atoms with Crippen molar-refractivity contribution in [2.75, 3.05) is 12.4 Å². The lowest BCUT2D eigenvalue weighted by Gasteiger charge is -2.37. The predicted octanol–water partition coefficient (Wildman–Crippen LogP) is 2.55. The van der Waals surface area contributed by atoms with Gasteiger partial charge in [0.15, 0.2) is 0 Å². The van der Waals surface area contributed by atoms with Crippen LogP contribution in [0, 0.1) is 12.8 Å². The number of rotatable bonds is 6. The molecule has 0 unspecified atom stereocenters. The summed E-state index contributed by atoms with van der Waals surface area (Å²) in [6.07, 6.45) is 5.97. The van der Waals surface area contributed by atoms with E-state index in [0.717, 1.165) is 37.3 Å². The highest BCUT2D eigenvalue weighted by Crippen LogP contribution is 2.29. The van der Waals surface area contributed by atoms with Crippen LogP contribution in [0.3, 0.4) is 0 Å². The molecule has 0 saturated heterocycles. The Bertz CT molecular complexity index is 810. The van der Waals surface area contributed by atoms with E-state index in [0.29, 0.717) is 25.0 Å². The molecule has 2 atom stereocenters. The van der Waals surface area contributed by atoms with E-state index < -0.39 is 10.0 Å². The molecule has 1 aromatic heterocycles. The molecule has 152 valence electrons. The van der Waals surface area contributed by atoms with Gasteiger partial charge in [-0.1, -0.05) is 13.0 Å². The summed E-state index contributed by atoms with van der Waals surface area (Å²) in [5, 5.41) is 0. The number of sulfonamides is 1. The summed E-state index contributed by atoms with van der Waals surface area (Å²) in [5.74, 6) is 0.780. The SMILES string of the molecule is CCS(=O)(=O)N[C@H]1CCc2ccc(C)c(=O)n2[C@H]1COC1CCC(C)CC1. The molecule has 3 rings (SSSR count). The van der Waals surface area contributed by atoms with Crippen LogP contribution in [0.5, 0.6) is 0 Å². The average Bonchev–Trinajstić information content (AvgIpc) is 2.65. The fraction of sp³-hybridized carbons (Fsp3) is 0.750. The van der Waals surface area contributed by atoms with E-state index in [9.17, 15) is 13.2 Å². The molecule has 2 heterocycles. The molecule has 0 spiro atoms. The minimum absolute atomic E-state index is 0.0349. The fourth-order valence-electron chi connectivity index (χ4n) is 4.21. The summed E-state index contributed by atoms with van der Waals surface area (Å²) < 4.78 is 35.1. The van der Waals surface area contributed by atoms with Gasteiger partial charge in [0.05, 0.1) is 24.5 Å². The van der Waals surface area contributed by atoms with Gasteiger partial charge in [0.1, 0.15) is 0 Å². The maximum Gasteiger partial charge on any atom is 0.254 e. The molecule has 1 aliphatic carbocycles. The fourth-order valence-corrected chi connectivity index (χ4v) is 5.11. The maximum atomic E-state index is 12.8. The Balaban J connectivity index is 1.84. The first-order valence-corrected chi connectivity index (χ1v) is 11.8. The summed E-state index contributed by atoms with van der Waals surface area (Å²) in [5.41, 5.74) is 1.59. The third-order valence-corrected chi connectivity index (χ3v) is 7.50. The number of fused-ring (bicyclic) bond motifs is 1. The Hall–Kier alpha value is -1.18. The first kappa shape index (κ1) is 20.6. The molecule has 0 bridgehead atoms. The summed E-state index contributed by atoms with van der Waals surface area (Å²) in [6, 6.07) is 3.22. The van der Waals surface area contributed by atoms with Crippen molar-refractivity contribution in [3.8, 4) is 0 Å². The molecule has 0 radical (unpaired) electrons. The van der Waals surface area contributed by atoms with Crippen LogP contribution in [0.4, 0.5) is 0 Å². The van der Waals surface area contributed by atoms with Crippen LogP contribution in [0.15, 0.2) is 16.9 Å². The summed E-state index contributed by atoms with van der Waals surface area (Å²) >= 11 is 0. The van der Waals surface area contributed by atoms with Crippen molar-refractivity contribution < 1.29 is 13.2 Å². The van der Waals surface area contributed by atoms with Crippen LogP contribution in [-0.2, 0) is 21.2 Å². The molecule has 2 aliphatic rings. The van der Waals surface area contributed by atoms with E-state index in [-0.39, 0.29) is 29.5 Å². The van der Waals surface area contributed by atoms with Crippen molar-refractivity contribution in [3.63, 3.8) is 0 Å². The topological polar surface area (TPSA) is 77.4 Å². The second-order valence-electron chi connectivity index (χ2n) is 8.13. The van der Waals surface area contributed by atoms with Gasteiger partial charge in [-0.15, -0.1) is 0 Å². The van der Waals surface area contributed by atoms with E-state index in [1.54, 1.807) is 18.4 Å². The van der Waals surface area contributed by atoms with Gasteiger partial charge in [0.25, 0.3) is 5.56 Å². The number of pyridine rings is 1. The van der Waals surface area contributed by atoms with Crippen molar-refractivity contribution >= 4 is 10.0 Å². The highest BCUT2D eigenvalue weighted by Gasteiger charge is 2.34. The number of ether oxygens (including phenoxy) is 1. The van der Waals surface area contributed by atoms with Crippen LogP contribution in [0.1, 0.15) is 63.3 Å². The summed E-state index contributed by atoms with van der Waals surface area (Å²) in [7, 11) is -3.35. The van der Waals surface area contributed by atoms with Crippen molar-refractivity contribution in [2.45, 2.75) is 77.5 Å². The monoisotopic (exact) mass is 396 g/mol. The molecule has 7 heteroatoms. The number of aromatic nitrogens is 1. The Kier molecular flexibility index (Phi) is 6.43. The van der Waals surface area contributed by atoms with E-state index in [2.05, 4.69) is 11.6 Å². The van der Waals surface area contributed by atoms with Crippen molar-refractivity contribution in [1.82, 2.24) is 9.29 Å². The van der Waals surface area contributed by atoms with Gasteiger partial charge >= 0.3 is 0 Å². The molecule has 1 N–H and O–H groups in total. The van der Waals surface area contributed by atoms with Gasteiger partial charge in [-0.05, 0) is 64.4 Å². The zero-order chi connectivity index (χ0) is 19.6. The maximum absolute atomic E-state index is 12.8. The Morgan fingerprint density at radius 1 is 1.19 bits per heavy atom. The minimum Gasteiger partial charge on any atom is -0.376 e. The summed E-state index contributed by atoms with van der Waals surface area (Å²) in [6.45, 7) is 6.07. The molecule has 6 nitrogen and oxygen atoms in total. The number of nitrogens with zero attached hydrogens (tertiary/aromatic N) is 1. The molecular formula is C20H32N2O4S. The number of hydrogen-bond acceptors (Lipinski definition) is 4. The lowest BCUT2D eigenvalue weighted by Crippen LogP contribution is -2.50. The van der Waals surface area contributed by atoms with E-state index in [4.69, 9.17) is 4.74 Å². The van der Waals surface area contributed by atoms with Gasteiger partial charge < -0.3 is 9.30 Å². The Labute approximate surface area is 162 Å². The van der Waals surface area contributed by atoms with Crippen LogP contribution < -0.4 is 10.3 Å². The molecule has 1 aliphatic heterocycles. The zero-order valence-electron chi connectivity index (χ0n) is 16.6. The minimum atomic E-state index is -3.35. The normalized spacial score (nSPS) is 28.7. The molecular weight excluding hydrogens is 364 g/mol. The van der Waals surface area contributed by atoms with Crippen LogP contribution in [0.25, 0.3) is 0 Å². The molecule has 0 aromatic carbocycles. The highest BCUT2D eigenvalue weighted by atomic mass is 32.2. The lowest BCUT2D eigenvalue weighted by molar-refractivity contribution is -0.00538. The van der Waals surface area contributed by atoms with Gasteiger partial charge in [0.2, 0.25) is 10.0 Å². The van der Waals surface area contributed by atoms with E-state index in [1.165, 1.54) is 0 Å². The third-order valence-electron chi connectivity index (χ3n) is 6.08. The largest absolute Gasteiger partial charge is 0.376 e. The Morgan fingerprint density at radius 2 is 1.89 bits per heavy atom. The second-order valence-corrected chi connectivity index (χ2v) is 10.2. The number of hydrogen-bond donors (Lipinski definition) is 1. The van der Waals surface area contributed by atoms with E-state index in [1.807, 2.05) is 12.1 Å². The Morgan fingerprint density at radius 3 is 2.56 bits per heavy atom. The molecule has 1 fully saturated rings. The molecule has 0 amide bonds. The smallest absolute Gasteiger partial charge is 0.254 e. The van der Waals surface area contributed by atoms with Crippen LogP contribution in [-0.4, -0.2) is 37.5 Å². The van der Waals surface area contributed by atoms with Gasteiger partial charge in [-0.3, -0.25) is 4.79 Å². The highest BCUT2D eigenvalue weighted by molar-refractivity contribution is 7.89. The van der Waals surface area contributed by atoms with Crippen molar-refractivity contribution in [3.05, 3.63) is 33.7 Å². The zero-order valence-corrected chi connectivity index (χ0v) is 17.4. The molecule has 1 saturated carbocycles. The van der Waals surface area contributed by atoms with Crippen LogP contribution in [0.2, 0.25) is 0 Å². The molecule has 1 aromatic rings. The van der Waals surface area contributed by atoms with Gasteiger partial charge in [0, 0.05) is 17.3 Å².